The number of aryl methyl sites for hydroxylation is 1. The van der Waals surface area contributed by atoms with Crippen LogP contribution in [-0.4, -0.2) is 4.57 Å². The van der Waals surface area contributed by atoms with E-state index in [2.05, 4.69) is 29.8 Å². The van der Waals surface area contributed by atoms with Crippen LogP contribution in [0.1, 0.15) is 37.8 Å². The van der Waals surface area contributed by atoms with Crippen LogP contribution in [0.5, 0.6) is 0 Å². The number of aromatic nitrogens is 1. The lowest BCUT2D eigenvalue weighted by atomic mass is 10.1. The van der Waals surface area contributed by atoms with Crippen LogP contribution in [0, 0.1) is 11.3 Å². The highest BCUT2D eigenvalue weighted by Gasteiger charge is 2.04. The van der Waals surface area contributed by atoms with Crippen LogP contribution in [0.2, 0.25) is 0 Å². The van der Waals surface area contributed by atoms with Gasteiger partial charge in [0.1, 0.15) is 0 Å². The monoisotopic (exact) mass is 191 g/mol. The third kappa shape index (κ3) is 2.90. The Kier molecular flexibility index (Phi) is 4.21. The minimum absolute atomic E-state index is 0.146. The molecule has 0 spiro atoms. The van der Waals surface area contributed by atoms with Crippen LogP contribution in [0.25, 0.3) is 0 Å². The van der Waals surface area contributed by atoms with E-state index in [1.807, 2.05) is 6.20 Å². The number of nitrogens with two attached hydrogens (primary N) is 1. The van der Waals surface area contributed by atoms with E-state index in [0.717, 1.165) is 19.4 Å². The van der Waals surface area contributed by atoms with Crippen molar-refractivity contribution in [2.24, 2.45) is 5.73 Å². The molecule has 1 rings (SSSR count). The highest BCUT2D eigenvalue weighted by atomic mass is 14.9. The van der Waals surface area contributed by atoms with Crippen molar-refractivity contribution in [1.29, 1.82) is 5.26 Å². The Balaban J connectivity index is 2.47. The summed E-state index contributed by atoms with van der Waals surface area (Å²) in [5, 5.41) is 8.40. The van der Waals surface area contributed by atoms with Gasteiger partial charge in [-0.2, -0.15) is 5.26 Å². The van der Waals surface area contributed by atoms with Crippen molar-refractivity contribution in [2.45, 2.75) is 38.8 Å². The van der Waals surface area contributed by atoms with Gasteiger partial charge in [0.05, 0.1) is 6.07 Å². The van der Waals surface area contributed by atoms with Gasteiger partial charge in [-0.25, -0.2) is 0 Å². The van der Waals surface area contributed by atoms with Gasteiger partial charge in [0, 0.05) is 31.4 Å². The zero-order valence-corrected chi connectivity index (χ0v) is 8.61. The van der Waals surface area contributed by atoms with Crippen LogP contribution in [0.3, 0.4) is 0 Å². The van der Waals surface area contributed by atoms with Gasteiger partial charge >= 0.3 is 0 Å². The van der Waals surface area contributed by atoms with Crippen LogP contribution in [0.15, 0.2) is 18.5 Å². The lowest BCUT2D eigenvalue weighted by molar-refractivity contribution is 0.646. The van der Waals surface area contributed by atoms with Crippen LogP contribution >= 0.6 is 0 Å². The van der Waals surface area contributed by atoms with E-state index in [9.17, 15) is 0 Å². The van der Waals surface area contributed by atoms with E-state index in [1.54, 1.807) is 0 Å². The van der Waals surface area contributed by atoms with Gasteiger partial charge in [-0.05, 0) is 24.5 Å². The van der Waals surface area contributed by atoms with Gasteiger partial charge in [0.25, 0.3) is 0 Å². The molecule has 76 valence electrons. The normalized spacial score (nSPS) is 12.4. The average molecular weight is 191 g/mol. The molecule has 1 atom stereocenters. The highest BCUT2D eigenvalue weighted by Crippen LogP contribution is 2.13. The number of hydrogen-bond acceptors (Lipinski definition) is 2. The van der Waals surface area contributed by atoms with Gasteiger partial charge < -0.3 is 10.3 Å². The fourth-order valence-corrected chi connectivity index (χ4v) is 1.39. The van der Waals surface area contributed by atoms with E-state index >= 15 is 0 Å². The molecule has 0 amide bonds. The summed E-state index contributed by atoms with van der Waals surface area (Å²) in [6, 6.07) is 4.34. The lowest BCUT2D eigenvalue weighted by Gasteiger charge is -2.05. The molecule has 0 saturated carbocycles. The Labute approximate surface area is 85.1 Å². The number of nitrogens with zero attached hydrogens (tertiary/aromatic N) is 2. The molecule has 1 heterocycles. The van der Waals surface area contributed by atoms with E-state index in [1.165, 1.54) is 5.56 Å². The Morgan fingerprint density at radius 1 is 1.64 bits per heavy atom. The molecule has 3 nitrogen and oxygen atoms in total. The Bertz CT molecular complexity index is 309. The van der Waals surface area contributed by atoms with Crippen molar-refractivity contribution in [1.82, 2.24) is 4.57 Å². The molecular weight excluding hydrogens is 174 g/mol. The van der Waals surface area contributed by atoms with Crippen molar-refractivity contribution in [3.05, 3.63) is 24.0 Å². The Morgan fingerprint density at radius 3 is 3.07 bits per heavy atom. The van der Waals surface area contributed by atoms with Crippen LogP contribution in [0.4, 0.5) is 0 Å². The van der Waals surface area contributed by atoms with Crippen molar-refractivity contribution < 1.29 is 0 Å². The molecule has 1 aromatic heterocycles. The topological polar surface area (TPSA) is 54.7 Å². The van der Waals surface area contributed by atoms with E-state index in [0.29, 0.717) is 6.42 Å². The first-order chi connectivity index (χ1) is 6.77. The van der Waals surface area contributed by atoms with Crippen molar-refractivity contribution in [2.75, 3.05) is 0 Å². The summed E-state index contributed by atoms with van der Waals surface area (Å²) in [5.74, 6) is 0. The molecule has 0 aliphatic carbocycles. The van der Waals surface area contributed by atoms with E-state index in [4.69, 9.17) is 11.0 Å². The van der Waals surface area contributed by atoms with Crippen molar-refractivity contribution >= 4 is 0 Å². The molecule has 0 aliphatic heterocycles. The summed E-state index contributed by atoms with van der Waals surface area (Å²) in [6.45, 7) is 2.99. The number of nitriles is 1. The molecule has 0 aromatic carbocycles. The summed E-state index contributed by atoms with van der Waals surface area (Å²) < 4.78 is 2.10. The Hall–Kier alpha value is -1.27. The summed E-state index contributed by atoms with van der Waals surface area (Å²) in [5.41, 5.74) is 7.08. The van der Waals surface area contributed by atoms with Gasteiger partial charge in [-0.1, -0.05) is 6.92 Å². The first-order valence-corrected chi connectivity index (χ1v) is 5.06. The highest BCUT2D eigenvalue weighted by molar-refractivity contribution is 5.14. The molecule has 14 heavy (non-hydrogen) atoms. The van der Waals surface area contributed by atoms with Gasteiger partial charge in [-0.3, -0.25) is 0 Å². The molecule has 0 radical (unpaired) electrons. The van der Waals surface area contributed by atoms with Crippen LogP contribution in [-0.2, 0) is 6.54 Å². The molecule has 2 N–H and O–H groups in total. The maximum Gasteiger partial charge on any atom is 0.0622 e. The minimum atomic E-state index is 0.146. The predicted octanol–water partition coefficient (Wildman–Crippen LogP) is 2.20. The summed E-state index contributed by atoms with van der Waals surface area (Å²) in [4.78, 5) is 0. The van der Waals surface area contributed by atoms with Gasteiger partial charge in [-0.15, -0.1) is 0 Å². The van der Waals surface area contributed by atoms with Crippen LogP contribution < -0.4 is 5.73 Å². The number of unbranched alkanes of at least 4 members (excludes halogenated alkanes) is 1. The molecule has 0 saturated heterocycles. The van der Waals surface area contributed by atoms with Crippen molar-refractivity contribution in [3.63, 3.8) is 0 Å². The molecule has 0 aliphatic rings. The molecule has 1 unspecified atom stereocenters. The van der Waals surface area contributed by atoms with Gasteiger partial charge in [0.2, 0.25) is 0 Å². The second-order valence-corrected chi connectivity index (χ2v) is 3.46. The second kappa shape index (κ2) is 5.46. The minimum Gasteiger partial charge on any atom is -0.354 e. The molecular formula is C11H17N3. The first-order valence-electron chi connectivity index (χ1n) is 5.06. The Morgan fingerprint density at radius 2 is 2.43 bits per heavy atom. The average Bonchev–Trinajstić information content (AvgIpc) is 2.66. The molecule has 0 bridgehead atoms. The maximum atomic E-state index is 8.40. The number of hydrogen-bond donors (Lipinski definition) is 1. The predicted molar refractivity (Wildman–Crippen MR) is 56.5 cm³/mol. The van der Waals surface area contributed by atoms with E-state index < -0.39 is 0 Å². The smallest absolute Gasteiger partial charge is 0.0622 e. The fourth-order valence-electron chi connectivity index (χ4n) is 1.39. The zero-order valence-electron chi connectivity index (χ0n) is 8.61. The molecule has 1 aromatic rings. The quantitative estimate of drug-likeness (QED) is 0.725. The molecule has 0 fully saturated rings. The summed E-state index contributed by atoms with van der Waals surface area (Å²) >= 11 is 0. The third-order valence-electron chi connectivity index (χ3n) is 2.35. The SMILES string of the molecule is CCC(N)c1ccn(CCCC#N)c1. The van der Waals surface area contributed by atoms with E-state index in [-0.39, 0.29) is 6.04 Å². The second-order valence-electron chi connectivity index (χ2n) is 3.46. The lowest BCUT2D eigenvalue weighted by Crippen LogP contribution is -2.07. The summed E-state index contributed by atoms with van der Waals surface area (Å²) in [6.07, 6.45) is 6.59. The number of rotatable bonds is 5. The maximum absolute atomic E-state index is 8.40. The van der Waals surface area contributed by atoms with Gasteiger partial charge in [0.15, 0.2) is 0 Å². The fraction of sp³-hybridized carbons (Fsp3) is 0.545. The standard InChI is InChI=1S/C11H17N3/c1-2-11(13)10-5-8-14(9-10)7-4-3-6-12/h5,8-9,11H,2-4,7,13H2,1H3. The third-order valence-corrected chi connectivity index (χ3v) is 2.35. The molecule has 3 heteroatoms. The van der Waals surface area contributed by atoms with Crippen molar-refractivity contribution in [3.8, 4) is 6.07 Å². The first kappa shape index (κ1) is 10.8. The largest absolute Gasteiger partial charge is 0.354 e. The zero-order chi connectivity index (χ0) is 10.4. The summed E-state index contributed by atoms with van der Waals surface area (Å²) in [7, 11) is 0.